The highest BCUT2D eigenvalue weighted by Gasteiger charge is 2.02. The van der Waals surface area contributed by atoms with E-state index in [9.17, 15) is 10.1 Å². The molecule has 1 aromatic heterocycles. The molecular weight excluding hydrogens is 196 g/mol. The van der Waals surface area contributed by atoms with Crippen molar-refractivity contribution in [2.45, 2.75) is 6.92 Å². The van der Waals surface area contributed by atoms with Gasteiger partial charge in [0.05, 0.1) is 16.7 Å². The SMILES string of the molecule is Cc1cnc2ccc(N[N+](=O)[O-])cc2n1. The number of fused-ring (bicyclic) bond motifs is 1. The van der Waals surface area contributed by atoms with E-state index < -0.39 is 5.03 Å². The highest BCUT2D eigenvalue weighted by Crippen LogP contribution is 2.15. The van der Waals surface area contributed by atoms with Gasteiger partial charge in [-0.05, 0) is 25.1 Å². The van der Waals surface area contributed by atoms with Crippen molar-refractivity contribution in [1.29, 1.82) is 0 Å². The average molecular weight is 204 g/mol. The van der Waals surface area contributed by atoms with Gasteiger partial charge in [-0.15, -0.1) is 5.43 Å². The van der Waals surface area contributed by atoms with Crippen LogP contribution in [-0.2, 0) is 0 Å². The average Bonchev–Trinajstić information content (AvgIpc) is 2.16. The van der Waals surface area contributed by atoms with Gasteiger partial charge in [0.1, 0.15) is 5.69 Å². The van der Waals surface area contributed by atoms with E-state index in [0.29, 0.717) is 11.2 Å². The molecule has 0 saturated carbocycles. The first-order valence-corrected chi connectivity index (χ1v) is 4.29. The fourth-order valence-corrected chi connectivity index (χ4v) is 1.28. The van der Waals surface area contributed by atoms with E-state index in [1.165, 1.54) is 0 Å². The number of benzene rings is 1. The summed E-state index contributed by atoms with van der Waals surface area (Å²) in [7, 11) is 0. The molecule has 15 heavy (non-hydrogen) atoms. The van der Waals surface area contributed by atoms with Gasteiger partial charge in [0.2, 0.25) is 0 Å². The van der Waals surface area contributed by atoms with Gasteiger partial charge in [0.15, 0.2) is 5.03 Å². The van der Waals surface area contributed by atoms with Crippen LogP contribution in [0.3, 0.4) is 0 Å². The second kappa shape index (κ2) is 3.49. The number of hydrogen-bond acceptors (Lipinski definition) is 4. The van der Waals surface area contributed by atoms with Crippen LogP contribution in [0.15, 0.2) is 24.4 Å². The summed E-state index contributed by atoms with van der Waals surface area (Å²) in [6.07, 6.45) is 1.66. The molecule has 0 aliphatic carbocycles. The molecular formula is C9H8N4O2. The van der Waals surface area contributed by atoms with Gasteiger partial charge in [-0.25, -0.2) is 15.1 Å². The van der Waals surface area contributed by atoms with E-state index >= 15 is 0 Å². The van der Waals surface area contributed by atoms with E-state index in [4.69, 9.17) is 0 Å². The van der Waals surface area contributed by atoms with Crippen molar-refractivity contribution in [3.8, 4) is 0 Å². The van der Waals surface area contributed by atoms with Crippen LogP contribution in [0.2, 0.25) is 0 Å². The predicted octanol–water partition coefficient (Wildman–Crippen LogP) is 1.54. The molecule has 1 heterocycles. The number of hydrogen-bond donors (Lipinski definition) is 1. The van der Waals surface area contributed by atoms with Crippen LogP contribution < -0.4 is 5.43 Å². The third-order valence-electron chi connectivity index (χ3n) is 1.88. The van der Waals surface area contributed by atoms with Crippen LogP contribution in [0, 0.1) is 17.0 Å². The first-order valence-electron chi connectivity index (χ1n) is 4.29. The molecule has 0 aliphatic rings. The van der Waals surface area contributed by atoms with Crippen molar-refractivity contribution in [2.24, 2.45) is 0 Å². The molecule has 1 aromatic carbocycles. The zero-order valence-electron chi connectivity index (χ0n) is 7.97. The van der Waals surface area contributed by atoms with Crippen LogP contribution in [-0.4, -0.2) is 15.0 Å². The Bertz CT molecular complexity index is 527. The quantitative estimate of drug-likeness (QED) is 0.592. The summed E-state index contributed by atoms with van der Waals surface area (Å²) >= 11 is 0. The highest BCUT2D eigenvalue weighted by molar-refractivity contribution is 5.78. The minimum Gasteiger partial charge on any atom is -0.253 e. The van der Waals surface area contributed by atoms with Gasteiger partial charge in [-0.1, -0.05) is 0 Å². The molecule has 0 fully saturated rings. The topological polar surface area (TPSA) is 81.0 Å². The van der Waals surface area contributed by atoms with Crippen LogP contribution in [0.5, 0.6) is 0 Å². The number of nitro groups is 1. The number of aromatic nitrogens is 2. The van der Waals surface area contributed by atoms with E-state index in [-0.39, 0.29) is 0 Å². The van der Waals surface area contributed by atoms with Crippen molar-refractivity contribution in [1.82, 2.24) is 9.97 Å². The molecule has 0 amide bonds. The molecule has 0 unspecified atom stereocenters. The Balaban J connectivity index is 2.49. The van der Waals surface area contributed by atoms with Crippen molar-refractivity contribution in [3.63, 3.8) is 0 Å². The molecule has 0 aliphatic heterocycles. The predicted molar refractivity (Wildman–Crippen MR) is 54.9 cm³/mol. The van der Waals surface area contributed by atoms with Crippen molar-refractivity contribution >= 4 is 16.7 Å². The Morgan fingerprint density at radius 2 is 2.20 bits per heavy atom. The molecule has 6 heteroatoms. The van der Waals surface area contributed by atoms with Gasteiger partial charge in [0.25, 0.3) is 0 Å². The third-order valence-corrected chi connectivity index (χ3v) is 1.88. The molecule has 2 rings (SSSR count). The maximum Gasteiger partial charge on any atom is 0.162 e. The van der Waals surface area contributed by atoms with E-state index in [1.54, 1.807) is 24.4 Å². The van der Waals surface area contributed by atoms with Crippen molar-refractivity contribution in [2.75, 3.05) is 5.43 Å². The molecule has 0 atom stereocenters. The summed E-state index contributed by atoms with van der Waals surface area (Å²) in [4.78, 5) is 18.6. The monoisotopic (exact) mass is 204 g/mol. The van der Waals surface area contributed by atoms with E-state index in [0.717, 1.165) is 11.2 Å². The van der Waals surface area contributed by atoms with E-state index in [1.807, 2.05) is 6.92 Å². The Morgan fingerprint density at radius 3 is 2.93 bits per heavy atom. The highest BCUT2D eigenvalue weighted by atomic mass is 16.7. The van der Waals surface area contributed by atoms with Gasteiger partial charge < -0.3 is 0 Å². The maximum atomic E-state index is 10.2. The molecule has 2 aromatic rings. The fraction of sp³-hybridized carbons (Fsp3) is 0.111. The standard InChI is InChI=1S/C9H8N4O2/c1-6-5-10-8-3-2-7(12-13(14)15)4-9(8)11-6/h2-5,12H,1H3. The third kappa shape index (κ3) is 1.98. The Labute approximate surface area is 85.1 Å². The molecule has 0 radical (unpaired) electrons. The molecule has 0 saturated heterocycles. The summed E-state index contributed by atoms with van der Waals surface area (Å²) in [6, 6.07) is 4.88. The zero-order valence-corrected chi connectivity index (χ0v) is 7.97. The van der Waals surface area contributed by atoms with Gasteiger partial charge in [0, 0.05) is 6.20 Å². The number of nitrogens with zero attached hydrogens (tertiary/aromatic N) is 3. The summed E-state index contributed by atoms with van der Waals surface area (Å²) in [5.41, 5.74) is 4.60. The Kier molecular flexibility index (Phi) is 2.17. The smallest absolute Gasteiger partial charge is 0.162 e. The fourth-order valence-electron chi connectivity index (χ4n) is 1.28. The van der Waals surface area contributed by atoms with Crippen LogP contribution >= 0.6 is 0 Å². The zero-order chi connectivity index (χ0) is 10.8. The Morgan fingerprint density at radius 1 is 1.40 bits per heavy atom. The number of rotatable bonds is 2. The summed E-state index contributed by atoms with van der Waals surface area (Å²) in [6.45, 7) is 1.82. The second-order valence-electron chi connectivity index (χ2n) is 3.08. The number of hydrazine groups is 1. The number of anilines is 1. The maximum absolute atomic E-state index is 10.2. The largest absolute Gasteiger partial charge is 0.253 e. The van der Waals surface area contributed by atoms with Crippen molar-refractivity contribution in [3.05, 3.63) is 40.2 Å². The van der Waals surface area contributed by atoms with Gasteiger partial charge in [-0.3, -0.25) is 4.98 Å². The van der Waals surface area contributed by atoms with Crippen LogP contribution in [0.25, 0.3) is 11.0 Å². The number of aryl methyl sites for hydroxylation is 1. The molecule has 6 nitrogen and oxygen atoms in total. The molecule has 1 N–H and O–H groups in total. The van der Waals surface area contributed by atoms with Crippen LogP contribution in [0.1, 0.15) is 5.69 Å². The lowest BCUT2D eigenvalue weighted by Crippen LogP contribution is -2.07. The number of nitrogens with one attached hydrogen (secondary N) is 1. The molecule has 0 spiro atoms. The van der Waals surface area contributed by atoms with E-state index in [2.05, 4.69) is 15.4 Å². The minimum absolute atomic E-state index is 0.396. The molecule has 0 bridgehead atoms. The summed E-state index contributed by atoms with van der Waals surface area (Å²) in [5, 5.41) is 9.62. The second-order valence-corrected chi connectivity index (χ2v) is 3.08. The lowest BCUT2D eigenvalue weighted by molar-refractivity contribution is -0.445. The summed E-state index contributed by atoms with van der Waals surface area (Å²) < 4.78 is 0. The lowest BCUT2D eigenvalue weighted by Gasteiger charge is -2.00. The van der Waals surface area contributed by atoms with Gasteiger partial charge in [-0.2, -0.15) is 0 Å². The van der Waals surface area contributed by atoms with Crippen LogP contribution in [0.4, 0.5) is 5.69 Å². The Hall–Kier alpha value is -2.24. The first kappa shape index (κ1) is 9.32. The molecule has 76 valence electrons. The first-order chi connectivity index (χ1) is 7.15. The lowest BCUT2D eigenvalue weighted by atomic mass is 10.2. The minimum atomic E-state index is -0.607. The summed E-state index contributed by atoms with van der Waals surface area (Å²) in [5.74, 6) is 0. The van der Waals surface area contributed by atoms with Gasteiger partial charge >= 0.3 is 0 Å². The van der Waals surface area contributed by atoms with Crippen molar-refractivity contribution < 1.29 is 5.03 Å². The normalized spacial score (nSPS) is 10.2.